The maximum Gasteiger partial charge on any atom is 0.364 e. The van der Waals surface area contributed by atoms with E-state index in [0.717, 1.165) is 30.5 Å². The number of carbonyl (C=O) groups excluding carboxylic acids is 3. The fourth-order valence-electron chi connectivity index (χ4n) is 3.82. The average molecular weight is 358 g/mol. The third kappa shape index (κ3) is 2.26. The van der Waals surface area contributed by atoms with Gasteiger partial charge in [-0.3, -0.25) is 14.6 Å². The number of aryl methyl sites for hydroxylation is 1. The van der Waals surface area contributed by atoms with Crippen molar-refractivity contribution in [1.82, 2.24) is 10.0 Å². The number of hydrogen-bond acceptors (Lipinski definition) is 5. The molecule has 3 aromatic rings. The first kappa shape index (κ1) is 15.7. The molecule has 0 spiro atoms. The van der Waals surface area contributed by atoms with E-state index >= 15 is 0 Å². The fraction of sp³-hybridized carbons (Fsp3) is 0.143. The lowest BCUT2D eigenvalue weighted by atomic mass is 10.0. The maximum absolute atomic E-state index is 13.0. The van der Waals surface area contributed by atoms with Crippen molar-refractivity contribution >= 4 is 28.7 Å². The topological polar surface area (TPSA) is 76.6 Å². The molecule has 0 bridgehead atoms. The Balaban J connectivity index is 1.57. The predicted octanol–water partition coefficient (Wildman–Crippen LogP) is 3.09. The largest absolute Gasteiger partial charge is 0.364 e. The Kier molecular flexibility index (Phi) is 3.33. The quantitative estimate of drug-likeness (QED) is 0.658. The monoisotopic (exact) mass is 358 g/mol. The van der Waals surface area contributed by atoms with E-state index < -0.39 is 17.8 Å². The number of amides is 2. The summed E-state index contributed by atoms with van der Waals surface area (Å²) < 4.78 is 0. The average Bonchev–Trinajstić information content (AvgIpc) is 3.25. The lowest BCUT2D eigenvalue weighted by Gasteiger charge is -2.16. The number of benzene rings is 2. The number of pyridine rings is 1. The fourth-order valence-corrected chi connectivity index (χ4v) is 3.82. The summed E-state index contributed by atoms with van der Waals surface area (Å²) in [4.78, 5) is 47.9. The molecule has 2 aliphatic rings. The Bertz CT molecular complexity index is 1120. The number of rotatable bonds is 2. The van der Waals surface area contributed by atoms with E-state index in [1.54, 1.807) is 30.3 Å². The van der Waals surface area contributed by atoms with Gasteiger partial charge in [0.15, 0.2) is 0 Å². The van der Waals surface area contributed by atoms with Gasteiger partial charge in [-0.2, -0.15) is 0 Å². The van der Waals surface area contributed by atoms with Crippen molar-refractivity contribution in [1.29, 1.82) is 0 Å². The summed E-state index contributed by atoms with van der Waals surface area (Å²) >= 11 is 0. The number of para-hydroxylation sites is 1. The number of hydroxylamine groups is 2. The van der Waals surface area contributed by atoms with Crippen molar-refractivity contribution in [3.05, 3.63) is 76.5 Å². The van der Waals surface area contributed by atoms with Crippen LogP contribution in [0.3, 0.4) is 0 Å². The molecule has 0 radical (unpaired) electrons. The molecular formula is C21H14N2O4. The van der Waals surface area contributed by atoms with Crippen LogP contribution in [0.15, 0.2) is 48.5 Å². The minimum atomic E-state index is -0.707. The van der Waals surface area contributed by atoms with Gasteiger partial charge in [0.05, 0.1) is 22.2 Å². The van der Waals surface area contributed by atoms with E-state index in [1.165, 1.54) is 0 Å². The highest BCUT2D eigenvalue weighted by molar-refractivity contribution is 6.21. The van der Waals surface area contributed by atoms with Crippen LogP contribution >= 0.6 is 0 Å². The summed E-state index contributed by atoms with van der Waals surface area (Å²) in [6, 6.07) is 13.7. The second-order valence-electron chi connectivity index (χ2n) is 6.61. The van der Waals surface area contributed by atoms with E-state index in [4.69, 9.17) is 4.84 Å². The van der Waals surface area contributed by atoms with E-state index in [-0.39, 0.29) is 11.1 Å². The maximum atomic E-state index is 13.0. The molecule has 6 nitrogen and oxygen atoms in total. The minimum Gasteiger partial charge on any atom is -0.324 e. The predicted molar refractivity (Wildman–Crippen MR) is 96.1 cm³/mol. The van der Waals surface area contributed by atoms with E-state index in [0.29, 0.717) is 21.5 Å². The first-order valence-corrected chi connectivity index (χ1v) is 8.76. The number of hydrogen-bond donors (Lipinski definition) is 0. The Morgan fingerprint density at radius 1 is 0.926 bits per heavy atom. The zero-order valence-electron chi connectivity index (χ0n) is 14.3. The zero-order valence-corrected chi connectivity index (χ0v) is 14.3. The van der Waals surface area contributed by atoms with Crippen LogP contribution in [0.25, 0.3) is 10.9 Å². The second-order valence-corrected chi connectivity index (χ2v) is 6.61. The Hall–Kier alpha value is -3.54. The molecule has 2 heterocycles. The molecule has 0 saturated heterocycles. The van der Waals surface area contributed by atoms with Gasteiger partial charge in [0.1, 0.15) is 0 Å². The van der Waals surface area contributed by atoms with Crippen LogP contribution in [0, 0.1) is 0 Å². The van der Waals surface area contributed by atoms with Gasteiger partial charge >= 0.3 is 5.97 Å². The lowest BCUT2D eigenvalue weighted by Crippen LogP contribution is -2.33. The van der Waals surface area contributed by atoms with E-state index in [1.807, 2.05) is 18.2 Å². The SMILES string of the molecule is O=C(ON1C(=O)c2ccccc2C1=O)c1c2c(nc3ccccc13)CCC2. The summed E-state index contributed by atoms with van der Waals surface area (Å²) in [6.45, 7) is 0. The molecule has 0 saturated carbocycles. The van der Waals surface area contributed by atoms with Crippen LogP contribution < -0.4 is 0 Å². The normalized spacial score (nSPS) is 15.2. The Morgan fingerprint density at radius 3 is 2.33 bits per heavy atom. The second kappa shape index (κ2) is 5.74. The van der Waals surface area contributed by atoms with E-state index in [9.17, 15) is 14.4 Å². The molecule has 132 valence electrons. The van der Waals surface area contributed by atoms with Gasteiger partial charge < -0.3 is 4.84 Å². The molecule has 2 amide bonds. The molecule has 1 aliphatic carbocycles. The molecule has 0 fully saturated rings. The summed E-state index contributed by atoms with van der Waals surface area (Å²) in [6.07, 6.45) is 2.43. The third-order valence-corrected chi connectivity index (χ3v) is 5.05. The number of aromatic nitrogens is 1. The van der Waals surface area contributed by atoms with E-state index in [2.05, 4.69) is 4.98 Å². The van der Waals surface area contributed by atoms with Gasteiger partial charge in [-0.15, -0.1) is 0 Å². The molecule has 0 N–H and O–H groups in total. The van der Waals surface area contributed by atoms with Crippen LogP contribution in [0.5, 0.6) is 0 Å². The summed E-state index contributed by atoms with van der Waals surface area (Å²) in [5.41, 5.74) is 3.29. The van der Waals surface area contributed by atoms with Crippen LogP contribution in [0.2, 0.25) is 0 Å². The smallest absolute Gasteiger partial charge is 0.324 e. The van der Waals surface area contributed by atoms with Crippen molar-refractivity contribution in [3.8, 4) is 0 Å². The number of carbonyl (C=O) groups is 3. The molecular weight excluding hydrogens is 344 g/mol. The first-order chi connectivity index (χ1) is 13.1. The summed E-state index contributed by atoms with van der Waals surface area (Å²) in [5, 5.41) is 1.23. The van der Waals surface area contributed by atoms with Crippen LogP contribution in [-0.4, -0.2) is 27.8 Å². The van der Waals surface area contributed by atoms with Crippen LogP contribution in [0.4, 0.5) is 0 Å². The highest BCUT2D eigenvalue weighted by Gasteiger charge is 2.39. The summed E-state index contributed by atoms with van der Waals surface area (Å²) in [7, 11) is 0. The summed E-state index contributed by atoms with van der Waals surface area (Å²) in [5.74, 6) is -1.96. The van der Waals surface area contributed by atoms with Crippen molar-refractivity contribution in [2.75, 3.05) is 0 Å². The number of nitrogens with zero attached hydrogens (tertiary/aromatic N) is 2. The molecule has 0 unspecified atom stereocenters. The molecule has 1 aromatic heterocycles. The van der Waals surface area contributed by atoms with Crippen LogP contribution in [0.1, 0.15) is 48.8 Å². The highest BCUT2D eigenvalue weighted by atomic mass is 16.7. The molecule has 5 rings (SSSR count). The number of fused-ring (bicyclic) bond motifs is 3. The van der Waals surface area contributed by atoms with Gasteiger partial charge in [-0.05, 0) is 43.0 Å². The van der Waals surface area contributed by atoms with Crippen molar-refractivity contribution in [3.63, 3.8) is 0 Å². The molecule has 27 heavy (non-hydrogen) atoms. The van der Waals surface area contributed by atoms with Gasteiger partial charge in [-0.1, -0.05) is 35.4 Å². The van der Waals surface area contributed by atoms with Crippen LogP contribution in [-0.2, 0) is 17.7 Å². The third-order valence-electron chi connectivity index (χ3n) is 5.05. The molecule has 2 aromatic carbocycles. The number of imide groups is 1. The van der Waals surface area contributed by atoms with Crippen molar-refractivity contribution in [2.45, 2.75) is 19.3 Å². The Labute approximate surface area is 154 Å². The van der Waals surface area contributed by atoms with Gasteiger partial charge in [0.2, 0.25) is 0 Å². The molecule has 1 aliphatic heterocycles. The van der Waals surface area contributed by atoms with Crippen molar-refractivity contribution in [2.24, 2.45) is 0 Å². The van der Waals surface area contributed by atoms with Crippen molar-refractivity contribution < 1.29 is 19.2 Å². The lowest BCUT2D eigenvalue weighted by molar-refractivity contribution is -0.0583. The first-order valence-electron chi connectivity index (χ1n) is 8.76. The zero-order chi connectivity index (χ0) is 18.5. The minimum absolute atomic E-state index is 0.236. The standard InChI is InChI=1S/C21H14N2O4/c24-19-12-6-1-2-7-13(12)20(25)23(19)27-21(26)18-14-8-3-4-10-16(14)22-17-11-5-9-15(17)18/h1-4,6-8,10H,5,9,11H2. The molecule has 6 heteroatoms. The van der Waals surface area contributed by atoms with Gasteiger partial charge in [-0.25, -0.2) is 4.79 Å². The molecule has 0 atom stereocenters. The van der Waals surface area contributed by atoms with Gasteiger partial charge in [0, 0.05) is 11.1 Å². The van der Waals surface area contributed by atoms with Gasteiger partial charge in [0.25, 0.3) is 11.8 Å². The highest BCUT2D eigenvalue weighted by Crippen LogP contribution is 2.31. The Morgan fingerprint density at radius 2 is 1.59 bits per heavy atom.